The van der Waals surface area contributed by atoms with E-state index in [9.17, 15) is 43.2 Å². The number of rotatable bonds is 4. The van der Waals surface area contributed by atoms with Gasteiger partial charge in [0.15, 0.2) is 0 Å². The summed E-state index contributed by atoms with van der Waals surface area (Å²) in [5, 5.41) is 0. The van der Waals surface area contributed by atoms with E-state index in [0.717, 1.165) is 0 Å². The second-order valence-electron chi connectivity index (χ2n) is 3.83. The van der Waals surface area contributed by atoms with Crippen LogP contribution in [-0.2, 0) is 20.0 Å². The highest BCUT2D eigenvalue weighted by molar-refractivity contribution is 8.04. The lowest BCUT2D eigenvalue weighted by atomic mass is 10.3. The molecule has 21 heavy (non-hydrogen) atoms. The largest absolute Gasteiger partial charge is 0.512 e. The van der Waals surface area contributed by atoms with Gasteiger partial charge < -0.3 is 0 Å². The van der Waals surface area contributed by atoms with E-state index in [1.807, 2.05) is 0 Å². The van der Waals surface area contributed by atoms with Crippen molar-refractivity contribution in [2.75, 3.05) is 0 Å². The second-order valence-corrected chi connectivity index (χ2v) is 8.46. The Bertz CT molecular complexity index is 552. The van der Waals surface area contributed by atoms with Gasteiger partial charge >= 0.3 is 31.1 Å². The lowest BCUT2D eigenvalue weighted by molar-refractivity contribution is -0.0580. The summed E-state index contributed by atoms with van der Waals surface area (Å²) in [6.07, 6.45) is 0. The van der Waals surface area contributed by atoms with Crippen LogP contribution in [-0.4, -0.2) is 41.2 Å². The zero-order chi connectivity index (χ0) is 17.7. The maximum absolute atomic E-state index is 12.4. The molecule has 0 saturated heterocycles. The van der Waals surface area contributed by atoms with Gasteiger partial charge in [-0.3, -0.25) is 0 Å². The number of halogens is 8. The molecule has 0 rings (SSSR count). The van der Waals surface area contributed by atoms with Crippen LogP contribution in [0, 0.1) is 0 Å². The van der Waals surface area contributed by atoms with Crippen LogP contribution < -0.4 is 0 Å². The van der Waals surface area contributed by atoms with E-state index in [1.165, 1.54) is 0 Å². The van der Waals surface area contributed by atoms with Crippen molar-refractivity contribution < 1.29 is 43.2 Å². The molecule has 0 aromatic heterocycles. The van der Waals surface area contributed by atoms with E-state index in [1.54, 1.807) is 0 Å². The minimum Gasteiger partial charge on any atom is -0.202 e. The van der Waals surface area contributed by atoms with Gasteiger partial charge in [-0.25, -0.2) is 16.8 Å². The van der Waals surface area contributed by atoms with Crippen LogP contribution in [0.15, 0.2) is 0 Å². The van der Waals surface area contributed by atoms with E-state index >= 15 is 0 Å². The number of nitrogens with zero attached hydrogens (tertiary/aromatic N) is 2. The van der Waals surface area contributed by atoms with Gasteiger partial charge in [0.05, 0.1) is 0 Å². The molecule has 0 atom stereocenters. The van der Waals surface area contributed by atoms with Gasteiger partial charge in [-0.15, -0.1) is 3.94 Å². The average molecular weight is 407 g/mol. The lowest BCUT2D eigenvalue weighted by Gasteiger charge is -2.37. The Morgan fingerprint density at radius 2 is 1.00 bits per heavy atom. The summed E-state index contributed by atoms with van der Waals surface area (Å²) in [4.78, 5) is 0. The van der Waals surface area contributed by atoms with E-state index in [2.05, 4.69) is 0 Å². The molecule has 0 fully saturated rings. The van der Waals surface area contributed by atoms with Crippen LogP contribution in [0.2, 0.25) is 0 Å². The topological polar surface area (TPSA) is 74.8 Å². The van der Waals surface area contributed by atoms with Crippen LogP contribution in [0.1, 0.15) is 13.8 Å². The first kappa shape index (κ1) is 21.0. The molecule has 0 aromatic rings. The Balaban J connectivity index is 6.66. The molecule has 0 amide bonds. The fraction of sp³-hybridized carbons (Fsp3) is 1.00. The van der Waals surface area contributed by atoms with Gasteiger partial charge in [0.1, 0.15) is 5.66 Å². The third kappa shape index (κ3) is 3.67. The first-order valence-corrected chi connectivity index (χ1v) is 7.92. The summed E-state index contributed by atoms with van der Waals surface area (Å²) in [5.41, 5.74) is -15.8. The van der Waals surface area contributed by atoms with Crippen LogP contribution in [0.4, 0.5) is 26.3 Å². The molecular weight excluding hydrogens is 401 g/mol. The Hall–Kier alpha value is -0.0200. The summed E-state index contributed by atoms with van der Waals surface area (Å²) < 4.78 is 117. The lowest BCUT2D eigenvalue weighted by Crippen LogP contribution is -2.61. The predicted molar refractivity (Wildman–Crippen MR) is 59.4 cm³/mol. The van der Waals surface area contributed by atoms with Crippen molar-refractivity contribution in [2.45, 2.75) is 30.5 Å². The molecule has 0 N–H and O–H groups in total. The summed E-state index contributed by atoms with van der Waals surface area (Å²) in [7, 11) is -13.9. The molecule has 0 spiro atoms. The molecule has 0 radical (unpaired) electrons. The molecule has 0 unspecified atom stereocenters. The molecule has 0 aromatic carbocycles. The molecule has 0 heterocycles. The van der Waals surface area contributed by atoms with E-state index in [-0.39, 0.29) is 0 Å². The molecular formula is C5H6Cl2F6N2O4S2. The van der Waals surface area contributed by atoms with Crippen LogP contribution >= 0.6 is 23.6 Å². The minimum atomic E-state index is -6.97. The predicted octanol–water partition coefficient (Wildman–Crippen LogP) is 2.33. The van der Waals surface area contributed by atoms with Gasteiger partial charge in [-0.2, -0.15) is 26.3 Å². The summed E-state index contributed by atoms with van der Waals surface area (Å²) in [6, 6.07) is 0. The van der Waals surface area contributed by atoms with Crippen LogP contribution in [0.5, 0.6) is 0 Å². The Kier molecular flexibility index (Phi) is 5.55. The van der Waals surface area contributed by atoms with Gasteiger partial charge in [-0.1, -0.05) is 3.71 Å². The normalized spacial score (nSPS) is 15.8. The zero-order valence-electron chi connectivity index (χ0n) is 9.87. The quantitative estimate of drug-likeness (QED) is 0.407. The molecule has 0 bridgehead atoms. The average Bonchev–Trinajstić information content (AvgIpc) is 2.11. The molecule has 0 aliphatic carbocycles. The SMILES string of the molecule is CC(C)(N(Cl)Cl)N(S(=O)(=O)C(F)(F)F)S(=O)(=O)C(F)(F)F. The molecule has 16 heteroatoms. The number of hydrogen-bond acceptors (Lipinski definition) is 5. The van der Waals surface area contributed by atoms with Crippen molar-refractivity contribution in [3.63, 3.8) is 0 Å². The fourth-order valence-electron chi connectivity index (χ4n) is 0.967. The Labute approximate surface area is 125 Å². The number of sulfonamides is 2. The summed E-state index contributed by atoms with van der Waals surface area (Å²) in [5.74, 6) is 0. The maximum Gasteiger partial charge on any atom is 0.512 e. The second kappa shape index (κ2) is 5.56. The highest BCUT2D eigenvalue weighted by Crippen LogP contribution is 2.41. The minimum absolute atomic E-state index is 0.319. The zero-order valence-corrected chi connectivity index (χ0v) is 13.0. The van der Waals surface area contributed by atoms with Crippen molar-refractivity contribution in [2.24, 2.45) is 0 Å². The van der Waals surface area contributed by atoms with E-state index < -0.39 is 44.4 Å². The van der Waals surface area contributed by atoms with Gasteiger partial charge in [0, 0.05) is 0 Å². The smallest absolute Gasteiger partial charge is 0.202 e. The molecule has 0 aliphatic heterocycles. The van der Waals surface area contributed by atoms with E-state index in [4.69, 9.17) is 23.6 Å². The number of hydrogen-bond donors (Lipinski definition) is 0. The first-order chi connectivity index (χ1) is 8.81. The van der Waals surface area contributed by atoms with Crippen molar-refractivity contribution in [3.05, 3.63) is 0 Å². The standard InChI is InChI=1S/C5H6Cl2F6N2O4S2/c1-3(2,14(6)7)15(20(16,17)4(8,9)10)21(18,19)5(11,12)13/h1-2H3. The monoisotopic (exact) mass is 406 g/mol. The maximum atomic E-state index is 12.4. The van der Waals surface area contributed by atoms with Gasteiger partial charge in [-0.05, 0) is 37.4 Å². The van der Waals surface area contributed by atoms with Crippen molar-refractivity contribution in [1.82, 2.24) is 7.65 Å². The summed E-state index contributed by atoms with van der Waals surface area (Å²) in [6.45, 7) is 0.638. The van der Waals surface area contributed by atoms with Crippen LogP contribution in [0.25, 0.3) is 0 Å². The van der Waals surface area contributed by atoms with Crippen molar-refractivity contribution in [1.29, 1.82) is 0 Å². The van der Waals surface area contributed by atoms with Crippen molar-refractivity contribution >= 4 is 43.6 Å². The third-order valence-corrected chi connectivity index (χ3v) is 6.82. The van der Waals surface area contributed by atoms with E-state index in [0.29, 0.717) is 13.8 Å². The van der Waals surface area contributed by atoms with Gasteiger partial charge in [0.25, 0.3) is 0 Å². The Morgan fingerprint density at radius 1 is 0.762 bits per heavy atom. The summed E-state index contributed by atoms with van der Waals surface area (Å²) >= 11 is 9.94. The fourth-order valence-corrected chi connectivity index (χ4v) is 4.55. The Morgan fingerprint density at radius 3 is 1.14 bits per heavy atom. The first-order valence-electron chi connectivity index (χ1n) is 4.36. The molecule has 0 saturated carbocycles. The van der Waals surface area contributed by atoms with Crippen molar-refractivity contribution in [3.8, 4) is 0 Å². The molecule has 128 valence electrons. The van der Waals surface area contributed by atoms with Crippen LogP contribution in [0.3, 0.4) is 0 Å². The highest BCUT2D eigenvalue weighted by atomic mass is 35.5. The molecule has 6 nitrogen and oxygen atoms in total. The van der Waals surface area contributed by atoms with Gasteiger partial charge in [0.2, 0.25) is 0 Å². The third-order valence-electron chi connectivity index (χ3n) is 1.88. The highest BCUT2D eigenvalue weighted by Gasteiger charge is 2.66. The molecule has 0 aliphatic rings. The number of alkyl halides is 6.